The average Bonchev–Trinajstić information content (AvgIpc) is 3.10. The van der Waals surface area contributed by atoms with E-state index in [-0.39, 0.29) is 11.8 Å². The van der Waals surface area contributed by atoms with Crippen LogP contribution in [0, 0.1) is 6.92 Å². The van der Waals surface area contributed by atoms with Gasteiger partial charge in [0.15, 0.2) is 5.78 Å². The van der Waals surface area contributed by atoms with Crippen molar-refractivity contribution in [3.05, 3.63) is 46.8 Å². The summed E-state index contributed by atoms with van der Waals surface area (Å²) in [6, 6.07) is 5.20. The maximum Gasteiger partial charge on any atom is 0.160 e. The second-order valence-electron chi connectivity index (χ2n) is 8.53. The number of hydrogen-bond acceptors (Lipinski definition) is 3. The first-order valence-corrected chi connectivity index (χ1v) is 10.4. The van der Waals surface area contributed by atoms with Gasteiger partial charge in [-0.25, -0.2) is 0 Å². The summed E-state index contributed by atoms with van der Waals surface area (Å²) in [6.45, 7) is 12.5. The van der Waals surface area contributed by atoms with Crippen LogP contribution in [0.2, 0.25) is 0 Å². The summed E-state index contributed by atoms with van der Waals surface area (Å²) >= 11 is 0. The van der Waals surface area contributed by atoms with E-state index in [2.05, 4.69) is 80.4 Å². The number of hydrogen-bond donors (Lipinski definition) is 0. The molecule has 152 valence electrons. The van der Waals surface area contributed by atoms with Crippen molar-refractivity contribution >= 4 is 16.9 Å². The number of aromatic nitrogens is 1. The molecule has 1 fully saturated rings. The zero-order valence-electron chi connectivity index (χ0n) is 18.5. The van der Waals surface area contributed by atoms with Crippen molar-refractivity contribution in [1.29, 1.82) is 0 Å². The minimum Gasteiger partial charge on any atom is -0.318 e. The van der Waals surface area contributed by atoms with Gasteiger partial charge in [-0.05, 0) is 90.4 Å². The first kappa shape index (κ1) is 20.8. The molecule has 0 aromatic carbocycles. The summed E-state index contributed by atoms with van der Waals surface area (Å²) in [6.07, 6.45) is 6.77. The lowest BCUT2D eigenvalue weighted by molar-refractivity contribution is 0.101. The number of ketones is 1. The Labute approximate surface area is 169 Å². The first-order valence-electron chi connectivity index (χ1n) is 10.4. The predicted molar refractivity (Wildman–Crippen MR) is 118 cm³/mol. The third-order valence-electron chi connectivity index (χ3n) is 6.63. The summed E-state index contributed by atoms with van der Waals surface area (Å²) in [4.78, 5) is 17.3. The lowest BCUT2D eigenvalue weighted by Crippen LogP contribution is -2.43. The molecule has 1 aliphatic rings. The van der Waals surface area contributed by atoms with Crippen LogP contribution >= 0.6 is 0 Å². The van der Waals surface area contributed by atoms with Gasteiger partial charge in [-0.2, -0.15) is 0 Å². The SMILES string of the molecule is C/C=C(\C)c1cc2cc(C(C)=O)c(C)c(C(C)N3CCC(N(C)C)CC3)n2c1. The normalized spacial score (nSPS) is 18.2. The molecule has 2 aromatic heterocycles. The van der Waals surface area contributed by atoms with Crippen LogP contribution in [0.5, 0.6) is 0 Å². The van der Waals surface area contributed by atoms with Gasteiger partial charge < -0.3 is 9.30 Å². The second kappa shape index (κ2) is 8.22. The molecule has 4 nitrogen and oxygen atoms in total. The zero-order chi connectivity index (χ0) is 20.6. The molecule has 28 heavy (non-hydrogen) atoms. The van der Waals surface area contributed by atoms with E-state index < -0.39 is 0 Å². The van der Waals surface area contributed by atoms with E-state index in [0.29, 0.717) is 6.04 Å². The third kappa shape index (κ3) is 3.81. The third-order valence-corrected chi connectivity index (χ3v) is 6.63. The van der Waals surface area contributed by atoms with Crippen LogP contribution in [-0.4, -0.2) is 53.2 Å². The largest absolute Gasteiger partial charge is 0.318 e. The highest BCUT2D eigenvalue weighted by Crippen LogP contribution is 2.32. The average molecular weight is 382 g/mol. The van der Waals surface area contributed by atoms with Gasteiger partial charge in [0.05, 0.1) is 0 Å². The Morgan fingerprint density at radius 3 is 2.39 bits per heavy atom. The monoisotopic (exact) mass is 381 g/mol. The predicted octanol–water partition coefficient (Wildman–Crippen LogP) is 4.96. The van der Waals surface area contributed by atoms with Gasteiger partial charge in [0.25, 0.3) is 0 Å². The first-order chi connectivity index (χ1) is 13.2. The zero-order valence-corrected chi connectivity index (χ0v) is 18.5. The van der Waals surface area contributed by atoms with Crippen molar-refractivity contribution in [1.82, 2.24) is 14.2 Å². The fraction of sp³-hybridized carbons (Fsp3) is 0.542. The summed E-state index contributed by atoms with van der Waals surface area (Å²) in [5.74, 6) is 0.144. The van der Waals surface area contributed by atoms with Crippen LogP contribution in [0.4, 0.5) is 0 Å². The van der Waals surface area contributed by atoms with Gasteiger partial charge in [0, 0.05) is 48.1 Å². The Hall–Kier alpha value is -1.91. The van der Waals surface area contributed by atoms with Crippen LogP contribution in [-0.2, 0) is 0 Å². The van der Waals surface area contributed by atoms with Gasteiger partial charge in [-0.15, -0.1) is 0 Å². The molecule has 0 radical (unpaired) electrons. The molecular weight excluding hydrogens is 346 g/mol. The number of nitrogens with zero attached hydrogens (tertiary/aromatic N) is 3. The Kier molecular flexibility index (Phi) is 6.11. The van der Waals surface area contributed by atoms with E-state index in [1.54, 1.807) is 6.92 Å². The van der Waals surface area contributed by atoms with Crippen LogP contribution in [0.1, 0.15) is 73.8 Å². The van der Waals surface area contributed by atoms with E-state index in [1.807, 2.05) is 0 Å². The van der Waals surface area contributed by atoms with Crippen LogP contribution in [0.3, 0.4) is 0 Å². The molecule has 0 bridgehead atoms. The van der Waals surface area contributed by atoms with E-state index >= 15 is 0 Å². The maximum absolute atomic E-state index is 12.3. The lowest BCUT2D eigenvalue weighted by atomic mass is 9.97. The highest BCUT2D eigenvalue weighted by Gasteiger charge is 2.27. The fourth-order valence-electron chi connectivity index (χ4n) is 4.60. The molecule has 3 rings (SSSR count). The number of allylic oxidation sites excluding steroid dienone is 2. The molecular formula is C24H35N3O. The maximum atomic E-state index is 12.3. The van der Waals surface area contributed by atoms with Gasteiger partial charge in [-0.3, -0.25) is 9.69 Å². The number of likely N-dealkylation sites (tertiary alicyclic amines) is 1. The smallest absolute Gasteiger partial charge is 0.160 e. The minimum absolute atomic E-state index is 0.144. The number of fused-ring (bicyclic) bond motifs is 1. The molecule has 0 saturated carbocycles. The Balaban J connectivity index is 2.06. The van der Waals surface area contributed by atoms with E-state index in [4.69, 9.17) is 0 Å². The molecule has 0 spiro atoms. The van der Waals surface area contributed by atoms with Gasteiger partial charge in [0.1, 0.15) is 0 Å². The van der Waals surface area contributed by atoms with Crippen molar-refractivity contribution in [3.63, 3.8) is 0 Å². The van der Waals surface area contributed by atoms with E-state index in [0.717, 1.165) is 29.7 Å². The quantitative estimate of drug-likeness (QED) is 0.685. The topological polar surface area (TPSA) is 28.0 Å². The van der Waals surface area contributed by atoms with Gasteiger partial charge in [0.2, 0.25) is 0 Å². The molecule has 0 N–H and O–H groups in total. The number of carbonyl (C=O) groups excluding carboxylic acids is 1. The summed E-state index contributed by atoms with van der Waals surface area (Å²) in [5.41, 5.74) is 6.81. The molecule has 3 heterocycles. The molecule has 1 unspecified atom stereocenters. The van der Waals surface area contributed by atoms with Crippen LogP contribution in [0.25, 0.3) is 11.1 Å². The standard InChI is InChI=1S/C24H35N3O/c1-8-16(2)20-13-22-14-23(19(5)28)17(3)24(27(22)15-20)18(4)26-11-9-21(10-12-26)25(6)7/h8,13-15,18,21H,9-12H2,1-7H3/b16-8+. The Morgan fingerprint density at radius 1 is 1.21 bits per heavy atom. The lowest BCUT2D eigenvalue weighted by Gasteiger charge is -2.39. The molecule has 0 amide bonds. The summed E-state index contributed by atoms with van der Waals surface area (Å²) in [5, 5.41) is 0. The Bertz CT molecular complexity index is 898. The highest BCUT2D eigenvalue weighted by molar-refractivity contribution is 5.97. The summed E-state index contributed by atoms with van der Waals surface area (Å²) in [7, 11) is 4.36. The van der Waals surface area contributed by atoms with Gasteiger partial charge in [-0.1, -0.05) is 6.08 Å². The van der Waals surface area contributed by atoms with Gasteiger partial charge >= 0.3 is 0 Å². The number of Topliss-reactive ketones (excluding diaryl/α,β-unsaturated/α-hetero) is 1. The van der Waals surface area contributed by atoms with E-state index in [1.165, 1.54) is 29.7 Å². The molecule has 0 aliphatic carbocycles. The summed E-state index contributed by atoms with van der Waals surface area (Å²) < 4.78 is 2.31. The van der Waals surface area contributed by atoms with Crippen LogP contribution < -0.4 is 0 Å². The van der Waals surface area contributed by atoms with Crippen molar-refractivity contribution in [3.8, 4) is 0 Å². The molecule has 1 atom stereocenters. The number of carbonyl (C=O) groups is 1. The minimum atomic E-state index is 0.144. The van der Waals surface area contributed by atoms with Crippen molar-refractivity contribution in [2.24, 2.45) is 0 Å². The number of rotatable bonds is 5. The fourth-order valence-corrected chi connectivity index (χ4v) is 4.60. The van der Waals surface area contributed by atoms with Crippen molar-refractivity contribution < 1.29 is 4.79 Å². The second-order valence-corrected chi connectivity index (χ2v) is 8.53. The van der Waals surface area contributed by atoms with Crippen molar-refractivity contribution in [2.75, 3.05) is 27.2 Å². The molecule has 2 aromatic rings. The Morgan fingerprint density at radius 2 is 1.86 bits per heavy atom. The van der Waals surface area contributed by atoms with Crippen molar-refractivity contribution in [2.45, 2.75) is 59.5 Å². The molecule has 1 aliphatic heterocycles. The number of piperidine rings is 1. The number of pyridine rings is 1. The highest BCUT2D eigenvalue weighted by atomic mass is 16.1. The molecule has 1 saturated heterocycles. The van der Waals surface area contributed by atoms with Crippen LogP contribution in [0.15, 0.2) is 24.4 Å². The van der Waals surface area contributed by atoms with E-state index in [9.17, 15) is 4.79 Å². The molecule has 4 heteroatoms.